The number of ether oxygens (including phenoxy) is 1. The summed E-state index contributed by atoms with van der Waals surface area (Å²) in [7, 11) is -3.76. The van der Waals surface area contributed by atoms with Crippen molar-refractivity contribution in [2.45, 2.75) is 78.2 Å². The predicted octanol–water partition coefficient (Wildman–Crippen LogP) is 4.14. The van der Waals surface area contributed by atoms with E-state index < -0.39 is 27.5 Å². The van der Waals surface area contributed by atoms with Crippen LogP contribution in [0.15, 0.2) is 47.6 Å². The molecule has 1 unspecified atom stereocenters. The minimum Gasteiger partial charge on any atom is -0.481 e. The lowest BCUT2D eigenvalue weighted by atomic mass is 9.81. The van der Waals surface area contributed by atoms with Gasteiger partial charge < -0.3 is 9.84 Å². The average molecular weight is 556 g/mol. The van der Waals surface area contributed by atoms with E-state index >= 15 is 0 Å². The van der Waals surface area contributed by atoms with Crippen LogP contribution in [0.4, 0.5) is 0 Å². The summed E-state index contributed by atoms with van der Waals surface area (Å²) in [4.78, 5) is 16.9. The van der Waals surface area contributed by atoms with Gasteiger partial charge in [-0.25, -0.2) is 8.42 Å². The quantitative estimate of drug-likeness (QED) is 0.395. The molecule has 39 heavy (non-hydrogen) atoms. The summed E-state index contributed by atoms with van der Waals surface area (Å²) < 4.78 is 36.7. The average Bonchev–Trinajstić information content (AvgIpc) is 3.29. The third kappa shape index (κ3) is 6.21. The summed E-state index contributed by atoms with van der Waals surface area (Å²) in [6.07, 6.45) is 4.11. The van der Waals surface area contributed by atoms with E-state index in [1.54, 1.807) is 43.1 Å². The smallest absolute Gasteiger partial charge is 0.312 e. The van der Waals surface area contributed by atoms with Gasteiger partial charge in [0.1, 0.15) is 10.6 Å². The number of carbonyl (C=O) groups is 1. The fraction of sp³-hybridized carbons (Fsp3) is 0.500. The highest BCUT2D eigenvalue weighted by Crippen LogP contribution is 2.39. The third-order valence-electron chi connectivity index (χ3n) is 7.19. The molecule has 0 aliphatic carbocycles. The first-order chi connectivity index (χ1) is 18.4. The van der Waals surface area contributed by atoms with Crippen LogP contribution in [0, 0.1) is 18.3 Å². The maximum atomic E-state index is 13.6. The van der Waals surface area contributed by atoms with Crippen molar-refractivity contribution in [2.75, 3.05) is 6.54 Å². The summed E-state index contributed by atoms with van der Waals surface area (Å²) in [5, 5.41) is 18.3. The molecule has 11 heteroatoms. The fourth-order valence-electron chi connectivity index (χ4n) is 4.90. The van der Waals surface area contributed by atoms with Crippen LogP contribution in [0.25, 0.3) is 0 Å². The second-order valence-corrected chi connectivity index (χ2v) is 12.8. The lowest BCUT2D eigenvalue weighted by Crippen LogP contribution is -2.34. The number of carboxylic acid groups (broad SMARTS) is 1. The first-order valence-electron chi connectivity index (χ1n) is 13.2. The van der Waals surface area contributed by atoms with Crippen LogP contribution in [0.2, 0.25) is 0 Å². The van der Waals surface area contributed by atoms with Gasteiger partial charge in [-0.15, -0.1) is 5.10 Å². The molecular formula is C28H37N5O5S. The maximum Gasteiger partial charge on any atom is 0.312 e. The van der Waals surface area contributed by atoms with E-state index in [0.717, 1.165) is 24.1 Å². The summed E-state index contributed by atoms with van der Waals surface area (Å²) >= 11 is 0. The molecule has 10 nitrogen and oxygen atoms in total. The normalized spacial score (nSPS) is 18.3. The Morgan fingerprint density at radius 2 is 2.05 bits per heavy atom. The van der Waals surface area contributed by atoms with Crippen molar-refractivity contribution in [3.8, 4) is 0 Å². The Labute approximate surface area is 230 Å². The van der Waals surface area contributed by atoms with Crippen LogP contribution in [-0.4, -0.2) is 50.3 Å². The van der Waals surface area contributed by atoms with E-state index in [1.807, 2.05) is 39.0 Å². The van der Waals surface area contributed by atoms with Crippen LogP contribution in [0.3, 0.4) is 0 Å². The molecule has 0 amide bonds. The number of nitrogens with zero attached hydrogens (tertiary/aromatic N) is 5. The molecule has 0 saturated heterocycles. The number of sulfonamides is 1. The molecule has 2 aromatic heterocycles. The van der Waals surface area contributed by atoms with E-state index in [2.05, 4.69) is 15.3 Å². The molecule has 3 aromatic rings. The number of benzene rings is 1. The molecule has 0 radical (unpaired) electrons. The molecule has 2 atom stereocenters. The lowest BCUT2D eigenvalue weighted by molar-refractivity contribution is -0.158. The summed E-state index contributed by atoms with van der Waals surface area (Å²) in [5.74, 6) is -0.917. The van der Waals surface area contributed by atoms with E-state index in [0.29, 0.717) is 29.9 Å². The number of hydrogen-bond donors (Lipinski definition) is 1. The minimum absolute atomic E-state index is 0.0857. The van der Waals surface area contributed by atoms with Gasteiger partial charge in [0.2, 0.25) is 10.0 Å². The molecule has 4 rings (SSSR count). The van der Waals surface area contributed by atoms with Gasteiger partial charge >= 0.3 is 5.97 Å². The summed E-state index contributed by atoms with van der Waals surface area (Å²) in [6, 6.07) is 8.86. The topological polar surface area (TPSA) is 128 Å². The molecule has 3 heterocycles. The van der Waals surface area contributed by atoms with Crippen LogP contribution in [-0.2, 0) is 45.7 Å². The number of aromatic nitrogens is 4. The third-order valence-corrected chi connectivity index (χ3v) is 9.07. The highest BCUT2D eigenvalue weighted by Gasteiger charge is 2.40. The molecule has 210 valence electrons. The number of aryl methyl sites for hydroxylation is 2. The zero-order valence-corrected chi connectivity index (χ0v) is 24.0. The number of rotatable bonds is 10. The number of pyridine rings is 1. The Morgan fingerprint density at radius 1 is 1.28 bits per heavy atom. The first-order valence-corrected chi connectivity index (χ1v) is 14.6. The molecule has 0 spiro atoms. The van der Waals surface area contributed by atoms with Crippen molar-refractivity contribution >= 4 is 16.0 Å². The van der Waals surface area contributed by atoms with Crippen molar-refractivity contribution in [2.24, 2.45) is 11.3 Å². The second kappa shape index (κ2) is 11.5. The Hall–Kier alpha value is -3.15. The zero-order valence-electron chi connectivity index (χ0n) is 23.2. The SMILES string of the molecule is CCCn1cc(COC(c2ccc(C)c(CN3C[C@@H](C)Cc4ncccc4S3(=O)=O)c2)C(C)(C)C(=O)O)nn1. The van der Waals surface area contributed by atoms with Gasteiger partial charge in [0.15, 0.2) is 0 Å². The van der Waals surface area contributed by atoms with E-state index in [-0.39, 0.29) is 24.0 Å². The highest BCUT2D eigenvalue weighted by molar-refractivity contribution is 7.89. The van der Waals surface area contributed by atoms with Crippen LogP contribution < -0.4 is 0 Å². The maximum absolute atomic E-state index is 13.6. The van der Waals surface area contributed by atoms with Crippen molar-refractivity contribution in [1.82, 2.24) is 24.3 Å². The van der Waals surface area contributed by atoms with Crippen molar-refractivity contribution in [1.29, 1.82) is 0 Å². The largest absolute Gasteiger partial charge is 0.481 e. The molecule has 1 N–H and O–H groups in total. The van der Waals surface area contributed by atoms with Gasteiger partial charge in [-0.1, -0.05) is 37.3 Å². The Kier molecular flexibility index (Phi) is 8.53. The molecule has 1 aliphatic heterocycles. The van der Waals surface area contributed by atoms with Crippen molar-refractivity contribution in [3.63, 3.8) is 0 Å². The monoisotopic (exact) mass is 555 g/mol. The van der Waals surface area contributed by atoms with Crippen molar-refractivity contribution in [3.05, 3.63) is 70.8 Å². The lowest BCUT2D eigenvalue weighted by Gasteiger charge is -2.31. The van der Waals surface area contributed by atoms with Gasteiger partial charge in [0.25, 0.3) is 0 Å². The number of carboxylic acids is 1. The van der Waals surface area contributed by atoms with Gasteiger partial charge in [-0.2, -0.15) is 4.31 Å². The minimum atomic E-state index is -3.76. The van der Waals surface area contributed by atoms with Crippen LogP contribution >= 0.6 is 0 Å². The Balaban J connectivity index is 1.65. The van der Waals surface area contributed by atoms with E-state index in [4.69, 9.17) is 4.74 Å². The van der Waals surface area contributed by atoms with Crippen molar-refractivity contribution < 1.29 is 23.1 Å². The summed E-state index contributed by atoms with van der Waals surface area (Å²) in [5.41, 5.74) is 2.29. The molecule has 1 aromatic carbocycles. The number of hydrogen-bond acceptors (Lipinski definition) is 7. The summed E-state index contributed by atoms with van der Waals surface area (Å²) in [6.45, 7) is 10.6. The molecule has 1 aliphatic rings. The predicted molar refractivity (Wildman–Crippen MR) is 145 cm³/mol. The second-order valence-electron chi connectivity index (χ2n) is 10.9. The number of fused-ring (bicyclic) bond motifs is 1. The first kappa shape index (κ1) is 28.8. The molecule has 0 saturated carbocycles. The fourth-order valence-corrected chi connectivity index (χ4v) is 6.62. The Bertz CT molecular complexity index is 1440. The van der Waals surface area contributed by atoms with Gasteiger partial charge in [0.05, 0.1) is 30.0 Å². The van der Waals surface area contributed by atoms with Crippen LogP contribution in [0.1, 0.15) is 68.3 Å². The zero-order chi connectivity index (χ0) is 28.4. The van der Waals surface area contributed by atoms with E-state index in [1.165, 1.54) is 4.31 Å². The van der Waals surface area contributed by atoms with Gasteiger partial charge in [0, 0.05) is 25.8 Å². The number of aliphatic carboxylic acids is 1. The van der Waals surface area contributed by atoms with Gasteiger partial charge in [-0.05, 0) is 68.4 Å². The molecular weight excluding hydrogens is 518 g/mol. The van der Waals surface area contributed by atoms with E-state index in [9.17, 15) is 18.3 Å². The Morgan fingerprint density at radius 3 is 2.77 bits per heavy atom. The van der Waals surface area contributed by atoms with Crippen LogP contribution in [0.5, 0.6) is 0 Å². The molecule has 0 fully saturated rings. The molecule has 0 bridgehead atoms. The standard InChI is InChI=1S/C28H37N5O5S/c1-6-12-32-17-23(30-31-32)18-38-26(28(4,5)27(34)35)21-10-9-20(3)22(14-21)16-33-15-19(2)13-24-25(39(33,36)37)8-7-11-29-24/h7-11,14,17,19,26H,6,12-13,15-16,18H2,1-5H3,(H,34,35)/t19-,26?/m0/s1. The highest BCUT2D eigenvalue weighted by atomic mass is 32.2. The van der Waals surface area contributed by atoms with Gasteiger partial charge in [-0.3, -0.25) is 14.5 Å².